The first-order chi connectivity index (χ1) is 16.0. The van der Waals surface area contributed by atoms with Crippen molar-refractivity contribution < 1.29 is 9.59 Å². The lowest BCUT2D eigenvalue weighted by molar-refractivity contribution is -0.115. The van der Waals surface area contributed by atoms with E-state index in [1.807, 2.05) is 13.0 Å². The van der Waals surface area contributed by atoms with Gasteiger partial charge in [0, 0.05) is 43.0 Å². The van der Waals surface area contributed by atoms with E-state index in [4.69, 9.17) is 0 Å². The number of fused-ring (bicyclic) bond motifs is 1. The standard InChI is InChI=1S/C24H24N6O2S/c1-15-11-16(19-6-2-3-7-20(19)27-15)13-26-18-5-4-10-30(14-18)23-25-9-8-17(28-23)12-21-22(31)29-24(32)33-21/h2-3,6-9,11-12,18,26H,4-5,10,13-14H2,1H3,(H,29,31,32)/b21-12-. The molecule has 9 heteroatoms. The number of carbonyl (C=O) groups is 2. The number of aryl methyl sites for hydroxylation is 1. The average molecular weight is 461 g/mol. The third kappa shape index (κ3) is 4.89. The molecule has 0 bridgehead atoms. The Bertz CT molecular complexity index is 1260. The molecule has 8 nitrogen and oxygen atoms in total. The summed E-state index contributed by atoms with van der Waals surface area (Å²) >= 11 is 0.890. The topological polar surface area (TPSA) is 100 Å². The normalized spacial score (nSPS) is 20.0. The van der Waals surface area contributed by atoms with E-state index in [0.29, 0.717) is 22.6 Å². The summed E-state index contributed by atoms with van der Waals surface area (Å²) in [4.78, 5) is 39.5. The van der Waals surface area contributed by atoms with Gasteiger partial charge in [0.15, 0.2) is 0 Å². The minimum Gasteiger partial charge on any atom is -0.339 e. The van der Waals surface area contributed by atoms with Crippen LogP contribution in [0.5, 0.6) is 0 Å². The van der Waals surface area contributed by atoms with Crippen LogP contribution >= 0.6 is 11.8 Å². The number of carbonyl (C=O) groups excluding carboxylic acids is 2. The number of imide groups is 1. The number of hydrogen-bond acceptors (Lipinski definition) is 8. The van der Waals surface area contributed by atoms with Gasteiger partial charge in [0.2, 0.25) is 5.95 Å². The molecule has 1 atom stereocenters. The third-order valence-electron chi connectivity index (χ3n) is 5.80. The van der Waals surface area contributed by atoms with Gasteiger partial charge in [-0.15, -0.1) is 0 Å². The fourth-order valence-corrected chi connectivity index (χ4v) is 4.94. The van der Waals surface area contributed by atoms with Gasteiger partial charge in [0.25, 0.3) is 11.1 Å². The number of hydrogen-bond donors (Lipinski definition) is 2. The molecule has 2 N–H and O–H groups in total. The van der Waals surface area contributed by atoms with Gasteiger partial charge in [-0.25, -0.2) is 9.97 Å². The number of nitrogens with zero attached hydrogens (tertiary/aromatic N) is 4. The number of amides is 2. The summed E-state index contributed by atoms with van der Waals surface area (Å²) in [7, 11) is 0. The second-order valence-electron chi connectivity index (χ2n) is 8.24. The van der Waals surface area contributed by atoms with Crippen LogP contribution in [-0.2, 0) is 11.3 Å². The van der Waals surface area contributed by atoms with Gasteiger partial charge in [-0.2, -0.15) is 0 Å². The lowest BCUT2D eigenvalue weighted by Crippen LogP contribution is -2.46. The SMILES string of the molecule is Cc1cc(CNC2CCCN(c3nccc(/C=C4\SC(=O)NC4=O)n3)C2)c2ccccc2n1. The highest BCUT2D eigenvalue weighted by molar-refractivity contribution is 8.18. The number of aromatic nitrogens is 3. The Kier molecular flexibility index (Phi) is 6.06. The molecule has 2 saturated heterocycles. The molecule has 168 valence electrons. The van der Waals surface area contributed by atoms with E-state index >= 15 is 0 Å². The van der Waals surface area contributed by atoms with Crippen molar-refractivity contribution in [3.05, 3.63) is 64.5 Å². The summed E-state index contributed by atoms with van der Waals surface area (Å²) in [6, 6.07) is 12.4. The van der Waals surface area contributed by atoms with Crippen LogP contribution in [0.3, 0.4) is 0 Å². The predicted octanol–water partition coefficient (Wildman–Crippen LogP) is 3.42. The fourth-order valence-electron chi connectivity index (χ4n) is 4.27. The summed E-state index contributed by atoms with van der Waals surface area (Å²) in [5.41, 5.74) is 3.91. The number of piperidine rings is 1. The van der Waals surface area contributed by atoms with Gasteiger partial charge in [-0.05, 0) is 61.4 Å². The highest BCUT2D eigenvalue weighted by atomic mass is 32.2. The molecular formula is C24H24N6O2S. The summed E-state index contributed by atoms with van der Waals surface area (Å²) in [5, 5.41) is 6.80. The number of nitrogens with one attached hydrogen (secondary N) is 2. The molecule has 2 aromatic heterocycles. The van der Waals surface area contributed by atoms with Crippen LogP contribution in [0.4, 0.5) is 10.7 Å². The molecule has 2 aliphatic heterocycles. The Morgan fingerprint density at radius 2 is 2.12 bits per heavy atom. The molecule has 3 aromatic rings. The maximum absolute atomic E-state index is 11.8. The fraction of sp³-hybridized carbons (Fsp3) is 0.292. The molecule has 0 saturated carbocycles. The maximum atomic E-state index is 11.8. The number of para-hydroxylation sites is 1. The lowest BCUT2D eigenvalue weighted by atomic mass is 10.0. The van der Waals surface area contributed by atoms with Crippen molar-refractivity contribution in [2.45, 2.75) is 32.4 Å². The van der Waals surface area contributed by atoms with Crippen molar-refractivity contribution in [2.75, 3.05) is 18.0 Å². The van der Waals surface area contributed by atoms with E-state index in [0.717, 1.165) is 55.4 Å². The Morgan fingerprint density at radius 1 is 1.24 bits per heavy atom. The van der Waals surface area contributed by atoms with E-state index in [2.05, 4.69) is 54.8 Å². The minimum absolute atomic E-state index is 0.311. The first kappa shape index (κ1) is 21.5. The lowest BCUT2D eigenvalue weighted by Gasteiger charge is -2.33. The van der Waals surface area contributed by atoms with Crippen molar-refractivity contribution in [1.29, 1.82) is 0 Å². The van der Waals surface area contributed by atoms with Crippen molar-refractivity contribution in [1.82, 2.24) is 25.6 Å². The largest absolute Gasteiger partial charge is 0.339 e. The Labute approximate surface area is 195 Å². The van der Waals surface area contributed by atoms with Gasteiger partial charge >= 0.3 is 0 Å². The van der Waals surface area contributed by atoms with Gasteiger partial charge < -0.3 is 10.2 Å². The molecule has 1 unspecified atom stereocenters. The second-order valence-corrected chi connectivity index (χ2v) is 9.25. The van der Waals surface area contributed by atoms with Gasteiger partial charge in [0.05, 0.1) is 16.1 Å². The van der Waals surface area contributed by atoms with Gasteiger partial charge in [-0.1, -0.05) is 18.2 Å². The number of thioether (sulfide) groups is 1. The van der Waals surface area contributed by atoms with E-state index in [-0.39, 0.29) is 11.1 Å². The first-order valence-electron chi connectivity index (χ1n) is 11.0. The summed E-state index contributed by atoms with van der Waals surface area (Å²) in [5.74, 6) is 0.252. The Balaban J connectivity index is 1.28. The summed E-state index contributed by atoms with van der Waals surface area (Å²) in [6.45, 7) is 4.48. The first-order valence-corrected chi connectivity index (χ1v) is 11.8. The van der Waals surface area contributed by atoms with E-state index in [9.17, 15) is 9.59 Å². The minimum atomic E-state index is -0.383. The summed E-state index contributed by atoms with van der Waals surface area (Å²) in [6.07, 6.45) is 5.44. The zero-order valence-corrected chi connectivity index (χ0v) is 19.1. The van der Waals surface area contributed by atoms with E-state index in [1.165, 1.54) is 10.9 Å². The maximum Gasteiger partial charge on any atom is 0.290 e. The molecule has 2 amide bonds. The molecule has 4 heterocycles. The summed E-state index contributed by atoms with van der Waals surface area (Å²) < 4.78 is 0. The van der Waals surface area contributed by atoms with Crippen LogP contribution in [-0.4, -0.2) is 45.2 Å². The average Bonchev–Trinajstić information content (AvgIpc) is 3.14. The molecule has 33 heavy (non-hydrogen) atoms. The zero-order chi connectivity index (χ0) is 22.8. The Hall–Kier alpha value is -3.30. The molecular weight excluding hydrogens is 436 g/mol. The van der Waals surface area contributed by atoms with E-state index in [1.54, 1.807) is 18.3 Å². The quantitative estimate of drug-likeness (QED) is 0.559. The van der Waals surface area contributed by atoms with Crippen molar-refractivity contribution in [2.24, 2.45) is 0 Å². The number of benzene rings is 1. The molecule has 1 aromatic carbocycles. The van der Waals surface area contributed by atoms with Crippen LogP contribution in [0.2, 0.25) is 0 Å². The molecule has 0 aliphatic carbocycles. The van der Waals surface area contributed by atoms with E-state index < -0.39 is 0 Å². The number of rotatable bonds is 5. The van der Waals surface area contributed by atoms with Crippen molar-refractivity contribution >= 4 is 45.8 Å². The molecule has 2 fully saturated rings. The second kappa shape index (κ2) is 9.29. The third-order valence-corrected chi connectivity index (χ3v) is 6.61. The van der Waals surface area contributed by atoms with Gasteiger partial charge in [-0.3, -0.25) is 19.9 Å². The Morgan fingerprint density at radius 3 is 2.97 bits per heavy atom. The molecule has 2 aliphatic rings. The zero-order valence-electron chi connectivity index (χ0n) is 18.2. The van der Waals surface area contributed by atoms with Crippen LogP contribution in [0.25, 0.3) is 17.0 Å². The van der Waals surface area contributed by atoms with Crippen LogP contribution in [0.1, 0.15) is 29.8 Å². The molecule has 5 rings (SSSR count). The highest BCUT2D eigenvalue weighted by Crippen LogP contribution is 2.26. The monoisotopic (exact) mass is 460 g/mol. The van der Waals surface area contributed by atoms with Crippen LogP contribution in [0, 0.1) is 6.92 Å². The smallest absolute Gasteiger partial charge is 0.290 e. The number of anilines is 1. The van der Waals surface area contributed by atoms with Gasteiger partial charge in [0.1, 0.15) is 0 Å². The van der Waals surface area contributed by atoms with Crippen LogP contribution in [0.15, 0.2) is 47.5 Å². The van der Waals surface area contributed by atoms with Crippen molar-refractivity contribution in [3.8, 4) is 0 Å². The number of pyridine rings is 1. The molecule has 0 spiro atoms. The predicted molar refractivity (Wildman–Crippen MR) is 130 cm³/mol. The van der Waals surface area contributed by atoms with Crippen LogP contribution < -0.4 is 15.5 Å². The highest BCUT2D eigenvalue weighted by Gasteiger charge is 2.26. The van der Waals surface area contributed by atoms with Crippen molar-refractivity contribution in [3.63, 3.8) is 0 Å². The molecule has 0 radical (unpaired) electrons.